The number of fused-ring (bicyclic) bond motifs is 3. The molecule has 0 amide bonds. The summed E-state index contributed by atoms with van der Waals surface area (Å²) in [6.45, 7) is 19.1. The summed E-state index contributed by atoms with van der Waals surface area (Å²) in [6.07, 6.45) is 12.5. The van der Waals surface area contributed by atoms with Crippen molar-refractivity contribution in [2.24, 2.45) is 0 Å². The van der Waals surface area contributed by atoms with Gasteiger partial charge in [-0.2, -0.15) is 6.67 Å². The second-order valence-corrected chi connectivity index (χ2v) is 50.4. The molecule has 96 heavy (non-hydrogen) atoms. The quantitative estimate of drug-likeness (QED) is 0.126. The Balaban J connectivity index is -0.00000106. The number of rotatable bonds is 5. The van der Waals surface area contributed by atoms with Gasteiger partial charge in [-0.05, 0) is 80.9 Å². The molecule has 6 aromatic rings. The standard InChI is InChI=1S/3C15H10.2C5H11N2.C5H9N2.2C4H8.7CH3.10ClH.5Ru/c3*1-2-6-12(7-3-1)15-11-10-13-8-4-5-9-14(13)15;3*1-6-3-4-7(2)5-6;2*1-3-4-2;;;;;;;;;;;;;;;;;;;;;;/h3*1-9,11H;2*5H,3-4H2,1-2H3;3-5H,1-2H3;2*3H2,1-2H3;7*1H3;10*1H;;;;;/q;;;3*-1;;;7*-1;;;;;;;;;;;5*+2/p-10. The van der Waals surface area contributed by atoms with Crippen LogP contribution in [0.15, 0.2) is 194 Å². The zero-order chi connectivity index (χ0) is 65.2. The summed E-state index contributed by atoms with van der Waals surface area (Å²) in [4.78, 5) is 12.7. The van der Waals surface area contributed by atoms with Crippen molar-refractivity contribution in [1.82, 2.24) is 29.4 Å². The summed E-state index contributed by atoms with van der Waals surface area (Å²) in [5.74, 6) is 0. The molecule has 6 aromatic carbocycles. The topological polar surface area (TPSA) is 19.4 Å². The molecule has 0 aromatic heterocycles. The molecule has 3 heterocycles. The molecule has 21 heteroatoms. The zero-order valence-electron chi connectivity index (χ0n) is 58.2. The summed E-state index contributed by atoms with van der Waals surface area (Å²) in [7, 11) is 71.9. The van der Waals surface area contributed by atoms with Gasteiger partial charge in [-0.15, -0.1) is 0 Å². The fraction of sp³-hybridized carbons (Fsp3) is 0.213. The number of hydrogen-bond acceptors (Lipinski definition) is 6. The number of benzene rings is 6. The van der Waals surface area contributed by atoms with Gasteiger partial charge in [0.25, 0.3) is 0 Å². The molecule has 0 N–H and O–H groups in total. The monoisotopic (exact) mass is 1940 g/mol. The molecule has 0 bridgehead atoms. The van der Waals surface area contributed by atoms with Crippen molar-refractivity contribution in [3.63, 3.8) is 0 Å². The van der Waals surface area contributed by atoms with Gasteiger partial charge >= 0.3 is 474 Å². The SMILES string of the molecule is CC[C](C)=[Ru]([Cl])[Cl].CC[C](C)=[Ru]([Cl])[Cl].CN1C=CN(C)[CH-]1.CN1[CH-]N(C)CC1.CN1[CH-]N(C)CC1.[CH3-].[CH3-].[CH3-].[CH3-].[CH3-].[CH3-].[CH3-].[Cl][Ru]([Cl])=[C]1C=C(c2ccccc2)c2ccccc21.[Cl][Ru]([Cl])=[C]1C=C(c2ccccc2)c2ccccc21.[Cl][Ru]([Cl])=[C]1C=C(c2ccccc2)c2ccccc21. The molecule has 6 aliphatic rings. The Hall–Kier alpha value is -0.913. The summed E-state index contributed by atoms with van der Waals surface area (Å²) in [5.41, 5.74) is 14.6. The van der Waals surface area contributed by atoms with Crippen LogP contribution in [0, 0.1) is 72.0 Å². The van der Waals surface area contributed by atoms with Crippen LogP contribution < -0.4 is 0 Å². The van der Waals surface area contributed by atoms with Crippen molar-refractivity contribution < 1.29 is 67.6 Å². The number of nitrogens with zero attached hydrogens (tertiary/aromatic N) is 6. The van der Waals surface area contributed by atoms with Gasteiger partial charge in [0.2, 0.25) is 0 Å². The van der Waals surface area contributed by atoms with Crippen LogP contribution in [0.1, 0.15) is 90.6 Å². The van der Waals surface area contributed by atoms with Gasteiger partial charge in [-0.1, -0.05) is 0 Å². The molecule has 3 aliphatic carbocycles. The first kappa shape index (κ1) is 99.3. The van der Waals surface area contributed by atoms with E-state index in [1.807, 2.05) is 130 Å². The van der Waals surface area contributed by atoms with Crippen molar-refractivity contribution in [3.05, 3.63) is 316 Å². The van der Waals surface area contributed by atoms with E-state index in [0.717, 1.165) is 25.2 Å². The van der Waals surface area contributed by atoms with E-state index in [-0.39, 0.29) is 52.0 Å². The Morgan fingerprint density at radius 3 is 0.677 bits per heavy atom. The van der Waals surface area contributed by atoms with Gasteiger partial charge in [0.1, 0.15) is 0 Å². The Morgan fingerprint density at radius 2 is 0.531 bits per heavy atom. The van der Waals surface area contributed by atoms with Crippen LogP contribution >= 0.6 is 96.9 Å². The number of allylic oxidation sites excluding steroid dienone is 3. The van der Waals surface area contributed by atoms with E-state index in [1.165, 1.54) is 101 Å². The average molecular weight is 1940 g/mol. The average Bonchev–Trinajstić information content (AvgIpc) is 1.65. The van der Waals surface area contributed by atoms with Crippen molar-refractivity contribution in [1.29, 1.82) is 0 Å². The molecule has 0 saturated carbocycles. The molecule has 0 spiro atoms. The molecular formula is C75H98Cl10N6Ru5-10. The zero-order valence-corrected chi connectivity index (χ0v) is 74.4. The van der Waals surface area contributed by atoms with Crippen LogP contribution in [0.5, 0.6) is 0 Å². The second-order valence-electron chi connectivity index (χ2n) is 20.2. The number of halogens is 10. The summed E-state index contributed by atoms with van der Waals surface area (Å²) < 4.78 is 5.91. The van der Waals surface area contributed by atoms with Gasteiger partial charge in [0.15, 0.2) is 0 Å². The third-order valence-corrected chi connectivity index (χ3v) is 31.9. The van der Waals surface area contributed by atoms with E-state index in [4.69, 9.17) is 96.9 Å². The minimum absolute atomic E-state index is 0. The molecule has 3 aliphatic heterocycles. The fourth-order valence-corrected chi connectivity index (χ4v) is 19.4. The summed E-state index contributed by atoms with van der Waals surface area (Å²) in [6, 6.07) is 56.0. The van der Waals surface area contributed by atoms with Gasteiger partial charge in [-0.3, -0.25) is 0 Å². The van der Waals surface area contributed by atoms with E-state index in [1.54, 1.807) is 0 Å². The minimum atomic E-state index is -1.88. The number of hydrogen-bond donors (Lipinski definition) is 0. The van der Waals surface area contributed by atoms with Crippen LogP contribution in [0.3, 0.4) is 0 Å². The molecule has 0 radical (unpaired) electrons. The van der Waals surface area contributed by atoms with E-state index in [2.05, 4.69) is 184 Å². The third-order valence-electron chi connectivity index (χ3n) is 13.6. The Kier molecular flexibility index (Phi) is 54.7. The number of likely N-dealkylation sites (N-methyl/N-ethyl adjacent to an activating group) is 4. The van der Waals surface area contributed by atoms with Crippen molar-refractivity contribution >= 4 is 134 Å². The third kappa shape index (κ3) is 32.8. The Morgan fingerprint density at radius 1 is 0.323 bits per heavy atom. The molecule has 6 nitrogen and oxygen atoms in total. The molecular weight excluding hydrogens is 1840 g/mol. The maximum absolute atomic E-state index is 6.19. The van der Waals surface area contributed by atoms with Gasteiger partial charge < -0.3 is 81.4 Å². The maximum atomic E-state index is 6.19. The summed E-state index contributed by atoms with van der Waals surface area (Å²) >= 11 is -8.52. The first-order valence-corrected chi connectivity index (χ1v) is 54.6. The van der Waals surface area contributed by atoms with Crippen LogP contribution in [0.25, 0.3) is 16.7 Å². The molecule has 0 unspecified atom stereocenters. The first-order valence-electron chi connectivity index (χ1n) is 27.9. The molecule has 548 valence electrons. The summed E-state index contributed by atoms with van der Waals surface area (Å²) in [5, 5.41) is 0. The molecule has 2 saturated heterocycles. The predicted octanol–water partition coefficient (Wildman–Crippen LogP) is 22.3. The van der Waals surface area contributed by atoms with E-state index in [9.17, 15) is 0 Å². The van der Waals surface area contributed by atoms with Gasteiger partial charge in [-0.25, -0.2) is 13.3 Å². The first-order chi connectivity index (χ1) is 42.5. The van der Waals surface area contributed by atoms with E-state index >= 15 is 0 Å². The van der Waals surface area contributed by atoms with E-state index < -0.39 is 67.6 Å². The van der Waals surface area contributed by atoms with Crippen molar-refractivity contribution in [2.45, 2.75) is 40.5 Å². The van der Waals surface area contributed by atoms with Gasteiger partial charge in [0, 0.05) is 0 Å². The van der Waals surface area contributed by atoms with Gasteiger partial charge in [0.05, 0.1) is 0 Å². The van der Waals surface area contributed by atoms with Crippen molar-refractivity contribution in [3.8, 4) is 0 Å². The van der Waals surface area contributed by atoms with E-state index in [0.29, 0.717) is 0 Å². The normalized spacial score (nSPS) is 14.9. The Labute approximate surface area is 648 Å². The molecule has 12 rings (SSSR count). The molecule has 2 fully saturated rings. The fourth-order valence-electron chi connectivity index (χ4n) is 8.80. The van der Waals surface area contributed by atoms with Crippen LogP contribution in [0.2, 0.25) is 0 Å². The second kappa shape index (κ2) is 52.9. The predicted molar refractivity (Wildman–Crippen MR) is 426 cm³/mol. The molecule has 0 atom stereocenters. The van der Waals surface area contributed by atoms with Crippen LogP contribution in [-0.2, 0) is 67.6 Å². The Bertz CT molecular complexity index is 3190. The van der Waals surface area contributed by atoms with Crippen LogP contribution in [0.4, 0.5) is 0 Å². The van der Waals surface area contributed by atoms with Crippen molar-refractivity contribution in [2.75, 3.05) is 68.5 Å². The van der Waals surface area contributed by atoms with Crippen LogP contribution in [-0.4, -0.2) is 118 Å².